The molecule has 0 fully saturated rings. The molecular weight excluding hydrogens is 232 g/mol. The normalized spacial score (nSPS) is 11.9. The van der Waals surface area contributed by atoms with Crippen molar-refractivity contribution in [2.45, 2.75) is 19.8 Å². The minimum atomic E-state index is -0.362. The predicted octanol–water partition coefficient (Wildman–Crippen LogP) is 1.45. The largest absolute Gasteiger partial charge is 0.496 e. The van der Waals surface area contributed by atoms with Crippen LogP contribution in [0.2, 0.25) is 0 Å². The van der Waals surface area contributed by atoms with Crippen LogP contribution in [-0.4, -0.2) is 32.2 Å². The highest BCUT2D eigenvalue weighted by Crippen LogP contribution is 2.35. The van der Waals surface area contributed by atoms with E-state index < -0.39 is 0 Å². The summed E-state index contributed by atoms with van der Waals surface area (Å²) in [4.78, 5) is 11.9. The standard InChI is InChI=1S/C13H20N2O3/c1-8(13(16)15(3)14)10-6-7-11(17-4)9(2)12(10)18-5/h6-8H,14H2,1-5H3. The lowest BCUT2D eigenvalue weighted by atomic mass is 9.96. The lowest BCUT2D eigenvalue weighted by molar-refractivity contribution is -0.131. The molecule has 0 radical (unpaired) electrons. The van der Waals surface area contributed by atoms with Crippen LogP contribution in [0.3, 0.4) is 0 Å². The summed E-state index contributed by atoms with van der Waals surface area (Å²) in [6.45, 7) is 3.69. The molecule has 18 heavy (non-hydrogen) atoms. The maximum Gasteiger partial charge on any atom is 0.243 e. The fourth-order valence-corrected chi connectivity index (χ4v) is 1.97. The van der Waals surface area contributed by atoms with Gasteiger partial charge in [-0.1, -0.05) is 6.07 Å². The third kappa shape index (κ3) is 2.56. The van der Waals surface area contributed by atoms with Gasteiger partial charge in [0.2, 0.25) is 5.91 Å². The maximum absolute atomic E-state index is 11.9. The molecule has 1 aromatic rings. The molecular formula is C13H20N2O3. The Balaban J connectivity index is 3.25. The number of nitrogens with two attached hydrogens (primary N) is 1. The highest BCUT2D eigenvalue weighted by atomic mass is 16.5. The smallest absolute Gasteiger partial charge is 0.243 e. The first-order chi connectivity index (χ1) is 8.43. The van der Waals surface area contributed by atoms with E-state index in [0.29, 0.717) is 5.75 Å². The van der Waals surface area contributed by atoms with Gasteiger partial charge in [0.1, 0.15) is 11.5 Å². The van der Waals surface area contributed by atoms with E-state index >= 15 is 0 Å². The molecule has 0 bridgehead atoms. The minimum Gasteiger partial charge on any atom is -0.496 e. The van der Waals surface area contributed by atoms with E-state index in [9.17, 15) is 4.79 Å². The highest BCUT2D eigenvalue weighted by Gasteiger charge is 2.23. The molecule has 1 amide bonds. The van der Waals surface area contributed by atoms with Gasteiger partial charge in [-0.15, -0.1) is 0 Å². The van der Waals surface area contributed by atoms with Gasteiger partial charge in [0.05, 0.1) is 20.1 Å². The molecule has 0 saturated carbocycles. The van der Waals surface area contributed by atoms with E-state index in [0.717, 1.165) is 21.9 Å². The second-order valence-corrected chi connectivity index (χ2v) is 4.19. The Kier molecular flexibility index (Phi) is 4.55. The summed E-state index contributed by atoms with van der Waals surface area (Å²) in [6, 6.07) is 3.66. The molecule has 5 nitrogen and oxygen atoms in total. The zero-order chi connectivity index (χ0) is 13.9. The van der Waals surface area contributed by atoms with E-state index in [1.54, 1.807) is 21.1 Å². The zero-order valence-corrected chi connectivity index (χ0v) is 11.5. The Morgan fingerprint density at radius 3 is 2.39 bits per heavy atom. The van der Waals surface area contributed by atoms with E-state index in [1.165, 1.54) is 7.05 Å². The average molecular weight is 252 g/mol. The molecule has 2 N–H and O–H groups in total. The van der Waals surface area contributed by atoms with Crippen molar-refractivity contribution < 1.29 is 14.3 Å². The van der Waals surface area contributed by atoms with Gasteiger partial charge in [-0.25, -0.2) is 5.84 Å². The molecule has 1 aromatic carbocycles. The summed E-state index contributed by atoms with van der Waals surface area (Å²) in [7, 11) is 4.71. The van der Waals surface area contributed by atoms with Crippen LogP contribution in [0, 0.1) is 6.92 Å². The number of benzene rings is 1. The average Bonchev–Trinajstić information content (AvgIpc) is 2.36. The van der Waals surface area contributed by atoms with E-state index in [4.69, 9.17) is 15.3 Å². The number of amides is 1. The summed E-state index contributed by atoms with van der Waals surface area (Å²) < 4.78 is 10.6. The summed E-state index contributed by atoms with van der Waals surface area (Å²) >= 11 is 0. The van der Waals surface area contributed by atoms with Crippen molar-refractivity contribution in [1.29, 1.82) is 0 Å². The number of carbonyl (C=O) groups excluding carboxylic acids is 1. The monoisotopic (exact) mass is 252 g/mol. The molecule has 0 saturated heterocycles. The van der Waals surface area contributed by atoms with Crippen LogP contribution in [0.25, 0.3) is 0 Å². The van der Waals surface area contributed by atoms with E-state index in [1.807, 2.05) is 19.1 Å². The maximum atomic E-state index is 11.9. The van der Waals surface area contributed by atoms with Gasteiger partial charge in [0.15, 0.2) is 0 Å². The van der Waals surface area contributed by atoms with Gasteiger partial charge < -0.3 is 9.47 Å². The Bertz CT molecular complexity index is 444. The van der Waals surface area contributed by atoms with Crippen molar-refractivity contribution in [3.05, 3.63) is 23.3 Å². The molecule has 1 unspecified atom stereocenters. The Labute approximate surface area is 107 Å². The summed E-state index contributed by atoms with van der Waals surface area (Å²) in [5, 5.41) is 1.09. The van der Waals surface area contributed by atoms with Gasteiger partial charge in [-0.3, -0.25) is 9.80 Å². The number of hydrogen-bond donors (Lipinski definition) is 1. The first kappa shape index (κ1) is 14.3. The van der Waals surface area contributed by atoms with Crippen LogP contribution < -0.4 is 15.3 Å². The van der Waals surface area contributed by atoms with E-state index in [2.05, 4.69) is 0 Å². The van der Waals surface area contributed by atoms with Crippen LogP contribution in [0.1, 0.15) is 24.0 Å². The second kappa shape index (κ2) is 5.73. The fraction of sp³-hybridized carbons (Fsp3) is 0.462. The highest BCUT2D eigenvalue weighted by molar-refractivity contribution is 5.83. The van der Waals surface area contributed by atoms with Crippen LogP contribution >= 0.6 is 0 Å². The summed E-state index contributed by atoms with van der Waals surface area (Å²) in [5.74, 6) is 6.34. The molecule has 0 heterocycles. The number of methoxy groups -OCH3 is 2. The number of hydrazine groups is 1. The fourth-order valence-electron chi connectivity index (χ4n) is 1.97. The SMILES string of the molecule is COc1ccc(C(C)C(=O)N(C)N)c(OC)c1C. The molecule has 0 aliphatic heterocycles. The Hall–Kier alpha value is -1.75. The van der Waals surface area contributed by atoms with Crippen molar-refractivity contribution in [2.75, 3.05) is 21.3 Å². The molecule has 5 heteroatoms. The third-order valence-electron chi connectivity index (χ3n) is 3.00. The second-order valence-electron chi connectivity index (χ2n) is 4.19. The molecule has 0 aliphatic carbocycles. The first-order valence-corrected chi connectivity index (χ1v) is 5.67. The van der Waals surface area contributed by atoms with E-state index in [-0.39, 0.29) is 11.8 Å². The van der Waals surface area contributed by atoms with Crippen LogP contribution in [-0.2, 0) is 4.79 Å². The van der Waals surface area contributed by atoms with Gasteiger partial charge in [-0.05, 0) is 19.9 Å². The van der Waals surface area contributed by atoms with Gasteiger partial charge in [0, 0.05) is 18.2 Å². The third-order valence-corrected chi connectivity index (χ3v) is 3.00. The molecule has 1 atom stereocenters. The number of nitrogens with zero attached hydrogens (tertiary/aromatic N) is 1. The first-order valence-electron chi connectivity index (χ1n) is 5.67. The summed E-state index contributed by atoms with van der Waals surface area (Å²) in [5.41, 5.74) is 1.68. The number of rotatable bonds is 4. The Morgan fingerprint density at radius 2 is 1.94 bits per heavy atom. The minimum absolute atomic E-state index is 0.169. The zero-order valence-electron chi connectivity index (χ0n) is 11.5. The molecule has 0 spiro atoms. The van der Waals surface area contributed by atoms with Crippen molar-refractivity contribution in [1.82, 2.24) is 5.01 Å². The topological polar surface area (TPSA) is 64.8 Å². The van der Waals surface area contributed by atoms with Crippen LogP contribution in [0.15, 0.2) is 12.1 Å². The number of likely N-dealkylation sites (N-methyl/N-ethyl adjacent to an activating group) is 1. The van der Waals surface area contributed by atoms with Crippen molar-refractivity contribution in [2.24, 2.45) is 5.84 Å². The summed E-state index contributed by atoms with van der Waals surface area (Å²) in [6.07, 6.45) is 0. The van der Waals surface area contributed by atoms with Crippen LogP contribution in [0.4, 0.5) is 0 Å². The molecule has 1 rings (SSSR count). The van der Waals surface area contributed by atoms with Crippen molar-refractivity contribution in [3.63, 3.8) is 0 Å². The van der Waals surface area contributed by atoms with Crippen LogP contribution in [0.5, 0.6) is 11.5 Å². The number of hydrogen-bond acceptors (Lipinski definition) is 4. The molecule has 0 aromatic heterocycles. The van der Waals surface area contributed by atoms with Crippen molar-refractivity contribution in [3.8, 4) is 11.5 Å². The lowest BCUT2D eigenvalue weighted by Crippen LogP contribution is -2.36. The Morgan fingerprint density at radius 1 is 1.33 bits per heavy atom. The quantitative estimate of drug-likeness (QED) is 0.500. The van der Waals surface area contributed by atoms with Gasteiger partial charge >= 0.3 is 0 Å². The molecule has 0 aliphatic rings. The van der Waals surface area contributed by atoms with Gasteiger partial charge in [-0.2, -0.15) is 0 Å². The predicted molar refractivity (Wildman–Crippen MR) is 69.7 cm³/mol. The number of ether oxygens (including phenoxy) is 2. The van der Waals surface area contributed by atoms with Crippen molar-refractivity contribution >= 4 is 5.91 Å². The molecule has 100 valence electrons. The number of carbonyl (C=O) groups is 1. The lowest BCUT2D eigenvalue weighted by Gasteiger charge is -2.20. The van der Waals surface area contributed by atoms with Gasteiger partial charge in [0.25, 0.3) is 0 Å².